The minimum atomic E-state index is 0.00973. The van der Waals surface area contributed by atoms with Crippen molar-refractivity contribution in [3.8, 4) is 11.1 Å². The summed E-state index contributed by atoms with van der Waals surface area (Å²) in [6, 6.07) is 20.1. The van der Waals surface area contributed by atoms with Crippen LogP contribution in [-0.2, 0) is 5.41 Å². The monoisotopic (exact) mass is 476 g/mol. The van der Waals surface area contributed by atoms with Crippen LogP contribution in [0, 0.1) is 9.49 Å². The molecule has 0 spiro atoms. The summed E-state index contributed by atoms with van der Waals surface area (Å²) >= 11 is 2.43. The van der Waals surface area contributed by atoms with Gasteiger partial charge in [-0.3, -0.25) is 0 Å². The molecule has 0 N–H and O–H groups in total. The van der Waals surface area contributed by atoms with Crippen molar-refractivity contribution in [2.75, 3.05) is 0 Å². The molecule has 3 aromatic rings. The van der Waals surface area contributed by atoms with Crippen LogP contribution in [0.2, 0.25) is 0 Å². The average Bonchev–Trinajstić information content (AvgIpc) is 2.74. The summed E-state index contributed by atoms with van der Waals surface area (Å²) in [4.78, 5) is 0. The zero-order valence-electron chi connectivity index (χ0n) is 16.7. The molecule has 28 heavy (non-hydrogen) atoms. The normalized spacial score (nSPS) is 20.7. The van der Waals surface area contributed by atoms with Gasteiger partial charge in [-0.1, -0.05) is 94.1 Å². The third-order valence-electron chi connectivity index (χ3n) is 6.19. The first-order valence-electron chi connectivity index (χ1n) is 9.76. The third kappa shape index (κ3) is 3.26. The van der Waals surface area contributed by atoms with Crippen LogP contribution in [-0.4, -0.2) is 0 Å². The highest BCUT2D eigenvalue weighted by atomic mass is 127. The van der Waals surface area contributed by atoms with Crippen LogP contribution in [0.5, 0.6) is 0 Å². The summed E-state index contributed by atoms with van der Waals surface area (Å²) in [5.41, 5.74) is 6.25. The predicted molar refractivity (Wildman–Crippen MR) is 132 cm³/mol. The maximum absolute atomic E-state index is 4.33. The molecule has 1 aliphatic carbocycles. The van der Waals surface area contributed by atoms with Gasteiger partial charge in [0.1, 0.15) is 0 Å². The smallest absolute Gasteiger partial charge is 0.0209 e. The molecule has 0 radical (unpaired) electrons. The molecule has 1 aliphatic rings. The molecule has 0 aromatic heterocycles. The van der Waals surface area contributed by atoms with Gasteiger partial charge in [-0.2, -0.15) is 0 Å². The molecular weight excluding hydrogens is 451 g/mol. The van der Waals surface area contributed by atoms with E-state index in [0.717, 1.165) is 5.57 Å². The maximum Gasteiger partial charge on any atom is 0.0209 e. The number of fused-ring (bicyclic) bond motifs is 2. The van der Waals surface area contributed by atoms with Crippen LogP contribution < -0.4 is 0 Å². The van der Waals surface area contributed by atoms with Crippen LogP contribution in [0.1, 0.15) is 31.9 Å². The van der Waals surface area contributed by atoms with E-state index in [1.807, 2.05) is 0 Å². The molecule has 140 valence electrons. The number of hydrogen-bond donors (Lipinski definition) is 0. The lowest BCUT2D eigenvalue weighted by Gasteiger charge is -2.33. The molecule has 1 unspecified atom stereocenters. The predicted octanol–water partition coefficient (Wildman–Crippen LogP) is 8.16. The molecule has 0 aliphatic heterocycles. The lowest BCUT2D eigenvalue weighted by molar-refractivity contribution is 0.409. The second kappa shape index (κ2) is 7.36. The first-order valence-corrected chi connectivity index (χ1v) is 10.8. The Labute approximate surface area is 181 Å². The van der Waals surface area contributed by atoms with E-state index >= 15 is 0 Å². The Hall–Kier alpha value is -2.13. The molecule has 1 atom stereocenters. The molecule has 0 amide bonds. The highest BCUT2D eigenvalue weighted by Crippen LogP contribution is 2.41. The second-order valence-corrected chi connectivity index (χ2v) is 9.34. The molecule has 0 nitrogen and oxygen atoms in total. The van der Waals surface area contributed by atoms with E-state index < -0.39 is 0 Å². The van der Waals surface area contributed by atoms with Crippen LogP contribution in [0.4, 0.5) is 0 Å². The van der Waals surface area contributed by atoms with Gasteiger partial charge in [0.2, 0.25) is 0 Å². The van der Waals surface area contributed by atoms with Crippen molar-refractivity contribution in [3.63, 3.8) is 0 Å². The summed E-state index contributed by atoms with van der Waals surface area (Å²) in [5, 5.41) is 2.62. The number of hydrogen-bond acceptors (Lipinski definition) is 0. The highest BCUT2D eigenvalue weighted by molar-refractivity contribution is 14.1. The molecular formula is C27H25I. The topological polar surface area (TPSA) is 0 Å². The van der Waals surface area contributed by atoms with E-state index in [1.165, 1.54) is 36.6 Å². The first kappa shape index (κ1) is 19.2. The summed E-state index contributed by atoms with van der Waals surface area (Å²) in [7, 11) is 0. The number of allylic oxidation sites excluding steroid dienone is 5. The molecule has 0 saturated carbocycles. The minimum absolute atomic E-state index is 0.00973. The zero-order chi connectivity index (χ0) is 19.9. The fraction of sp³-hybridized carbons (Fsp3) is 0.185. The average molecular weight is 476 g/mol. The Morgan fingerprint density at radius 2 is 1.61 bits per heavy atom. The second-order valence-electron chi connectivity index (χ2n) is 8.18. The van der Waals surface area contributed by atoms with E-state index in [0.29, 0.717) is 5.92 Å². The van der Waals surface area contributed by atoms with E-state index in [-0.39, 0.29) is 5.41 Å². The summed E-state index contributed by atoms with van der Waals surface area (Å²) < 4.78 is 1.29. The van der Waals surface area contributed by atoms with Gasteiger partial charge in [0.25, 0.3) is 0 Å². The Balaban J connectivity index is 1.98. The van der Waals surface area contributed by atoms with Crippen molar-refractivity contribution in [2.24, 2.45) is 5.92 Å². The van der Waals surface area contributed by atoms with Crippen LogP contribution in [0.3, 0.4) is 0 Å². The van der Waals surface area contributed by atoms with Gasteiger partial charge >= 0.3 is 0 Å². The van der Waals surface area contributed by atoms with Crippen molar-refractivity contribution < 1.29 is 0 Å². The molecule has 1 heteroatoms. The SMILES string of the molecule is C=C1/C=C\C=C/C(C)C(C)(C)c2cc(-c3ccc(I)c4ccccc34)ccc21. The van der Waals surface area contributed by atoms with Gasteiger partial charge in [-0.15, -0.1) is 0 Å². The van der Waals surface area contributed by atoms with Gasteiger partial charge in [0, 0.05) is 3.57 Å². The van der Waals surface area contributed by atoms with Crippen molar-refractivity contribution >= 4 is 38.9 Å². The Morgan fingerprint density at radius 1 is 0.893 bits per heavy atom. The fourth-order valence-electron chi connectivity index (χ4n) is 4.02. The molecule has 0 fully saturated rings. The minimum Gasteiger partial charge on any atom is -0.0911 e. The van der Waals surface area contributed by atoms with Crippen LogP contribution in [0.15, 0.2) is 85.5 Å². The maximum atomic E-state index is 4.33. The molecule has 0 bridgehead atoms. The quantitative estimate of drug-likeness (QED) is 0.311. The summed E-state index contributed by atoms with van der Waals surface area (Å²) in [6.07, 6.45) is 8.66. The van der Waals surface area contributed by atoms with Gasteiger partial charge in [0.15, 0.2) is 0 Å². The Kier molecular flexibility index (Phi) is 5.05. The van der Waals surface area contributed by atoms with Crippen molar-refractivity contribution in [2.45, 2.75) is 26.2 Å². The third-order valence-corrected chi connectivity index (χ3v) is 7.13. The van der Waals surface area contributed by atoms with Crippen molar-refractivity contribution in [1.82, 2.24) is 0 Å². The van der Waals surface area contributed by atoms with Gasteiger partial charge in [-0.05, 0) is 84.7 Å². The highest BCUT2D eigenvalue weighted by Gasteiger charge is 2.30. The number of rotatable bonds is 1. The van der Waals surface area contributed by atoms with Gasteiger partial charge in [-0.25, -0.2) is 0 Å². The van der Waals surface area contributed by atoms with Crippen LogP contribution >= 0.6 is 22.6 Å². The van der Waals surface area contributed by atoms with Crippen molar-refractivity contribution in [3.05, 3.63) is 100 Å². The fourth-order valence-corrected chi connectivity index (χ4v) is 4.67. The van der Waals surface area contributed by atoms with E-state index in [9.17, 15) is 0 Å². The summed E-state index contributed by atoms with van der Waals surface area (Å²) in [5.74, 6) is 0.422. The van der Waals surface area contributed by atoms with Gasteiger partial charge in [0.05, 0.1) is 0 Å². The lowest BCUT2D eigenvalue weighted by atomic mass is 9.71. The van der Waals surface area contributed by atoms with Crippen molar-refractivity contribution in [1.29, 1.82) is 0 Å². The van der Waals surface area contributed by atoms with E-state index in [4.69, 9.17) is 0 Å². The molecule has 0 heterocycles. The molecule has 0 saturated heterocycles. The molecule has 4 rings (SSSR count). The largest absolute Gasteiger partial charge is 0.0911 e. The first-order chi connectivity index (χ1) is 13.4. The van der Waals surface area contributed by atoms with E-state index in [1.54, 1.807) is 0 Å². The Morgan fingerprint density at radius 3 is 2.39 bits per heavy atom. The zero-order valence-corrected chi connectivity index (χ0v) is 18.8. The molecule has 3 aromatic carbocycles. The van der Waals surface area contributed by atoms with Crippen LogP contribution in [0.25, 0.3) is 27.5 Å². The lowest BCUT2D eigenvalue weighted by Crippen LogP contribution is -2.26. The number of benzene rings is 3. The number of halogens is 1. The standard InChI is InChI=1S/C27H25I/c1-18-9-5-6-10-19(2)27(3,4)25-17-20(13-14-21(18)25)22-15-16-26(28)24-12-8-7-11-23(22)24/h5-17,19H,1H2,2-4H3/b9-5-,10-6-. The van der Waals surface area contributed by atoms with Gasteiger partial charge < -0.3 is 0 Å². The summed E-state index contributed by atoms with van der Waals surface area (Å²) in [6.45, 7) is 11.3. The van der Waals surface area contributed by atoms with E-state index in [2.05, 4.69) is 129 Å². The Bertz CT molecular complexity index is 1130.